The summed E-state index contributed by atoms with van der Waals surface area (Å²) in [6.07, 6.45) is 0. The zero-order chi connectivity index (χ0) is 14.9. The van der Waals surface area contributed by atoms with E-state index in [1.165, 1.54) is 13.2 Å². The molecule has 1 fully saturated rings. The lowest BCUT2D eigenvalue weighted by molar-refractivity contribution is -0.146. The highest BCUT2D eigenvalue weighted by Crippen LogP contribution is 2.23. The second kappa shape index (κ2) is 5.62. The van der Waals surface area contributed by atoms with Gasteiger partial charge in [-0.25, -0.2) is 0 Å². The van der Waals surface area contributed by atoms with E-state index in [-0.39, 0.29) is 24.3 Å². The van der Waals surface area contributed by atoms with Gasteiger partial charge in [-0.3, -0.25) is 19.3 Å². The maximum Gasteiger partial charge on any atom is 0.310 e. The molecule has 7 nitrogen and oxygen atoms in total. The van der Waals surface area contributed by atoms with E-state index in [0.717, 1.165) is 4.74 Å². The number of ether oxygens (including phenoxy) is 1. The van der Waals surface area contributed by atoms with E-state index in [4.69, 9.17) is 9.26 Å². The number of hydrogen-bond acceptors (Lipinski definition) is 6. The van der Waals surface area contributed by atoms with E-state index < -0.39 is 11.5 Å². The number of esters is 1. The Labute approximate surface area is 116 Å². The highest BCUT2D eigenvalue weighted by Gasteiger charge is 2.36. The van der Waals surface area contributed by atoms with Gasteiger partial charge in [0.2, 0.25) is 0 Å². The number of nitrogens with zero attached hydrogens (tertiary/aromatic N) is 2. The summed E-state index contributed by atoms with van der Waals surface area (Å²) >= 11 is 0. The zero-order valence-electron chi connectivity index (χ0n) is 11.8. The average molecular weight is 282 g/mol. The van der Waals surface area contributed by atoms with Gasteiger partial charge in [-0.2, -0.15) is 0 Å². The van der Waals surface area contributed by atoms with E-state index in [1.54, 1.807) is 6.92 Å². The molecule has 2 atom stereocenters. The van der Waals surface area contributed by atoms with Crippen LogP contribution in [0.4, 0.5) is 0 Å². The van der Waals surface area contributed by atoms with Crippen LogP contribution in [0.3, 0.4) is 0 Å². The van der Waals surface area contributed by atoms with Crippen LogP contribution >= 0.6 is 0 Å². The van der Waals surface area contributed by atoms with Gasteiger partial charge in [-0.1, -0.05) is 6.92 Å². The summed E-state index contributed by atoms with van der Waals surface area (Å²) < 4.78 is 10.5. The molecule has 110 valence electrons. The third kappa shape index (κ3) is 2.82. The minimum Gasteiger partial charge on any atom is -0.469 e. The quantitative estimate of drug-likeness (QED) is 0.733. The Hall–Kier alpha value is -1.89. The van der Waals surface area contributed by atoms with Gasteiger partial charge in [-0.15, -0.1) is 4.74 Å². The third-order valence-corrected chi connectivity index (χ3v) is 3.54. The van der Waals surface area contributed by atoms with E-state index in [9.17, 15) is 14.4 Å². The van der Waals surface area contributed by atoms with E-state index >= 15 is 0 Å². The lowest BCUT2D eigenvalue weighted by atomic mass is 9.99. The van der Waals surface area contributed by atoms with Crippen molar-refractivity contribution in [3.63, 3.8) is 0 Å². The number of likely N-dealkylation sites (tertiary alicyclic amines) is 1. The Morgan fingerprint density at radius 1 is 1.45 bits per heavy atom. The van der Waals surface area contributed by atoms with Crippen molar-refractivity contribution in [2.24, 2.45) is 11.8 Å². The molecule has 1 aliphatic heterocycles. The predicted molar refractivity (Wildman–Crippen MR) is 69.4 cm³/mol. The van der Waals surface area contributed by atoms with Crippen molar-refractivity contribution in [3.8, 4) is 0 Å². The molecule has 1 aromatic rings. The molecule has 2 unspecified atom stereocenters. The number of aromatic nitrogens is 1. The van der Waals surface area contributed by atoms with Crippen LogP contribution in [0.2, 0.25) is 0 Å². The van der Waals surface area contributed by atoms with Gasteiger partial charge in [0.05, 0.1) is 19.6 Å². The number of aryl methyl sites for hydroxylation is 1. The lowest BCUT2D eigenvalue weighted by Gasteiger charge is -2.13. The summed E-state index contributed by atoms with van der Waals surface area (Å²) in [5, 5.41) is 0. The molecule has 0 amide bonds. The summed E-state index contributed by atoms with van der Waals surface area (Å²) in [4.78, 5) is 36.9. The summed E-state index contributed by atoms with van der Waals surface area (Å²) in [6.45, 7) is 4.66. The number of hydrogen-bond donors (Lipinski definition) is 0. The van der Waals surface area contributed by atoms with Crippen molar-refractivity contribution < 1.29 is 18.8 Å². The molecule has 0 saturated carbocycles. The highest BCUT2D eigenvalue weighted by molar-refractivity contribution is 5.79. The molecule has 1 aliphatic rings. The van der Waals surface area contributed by atoms with Gasteiger partial charge in [0.25, 0.3) is 11.5 Å². The zero-order valence-corrected chi connectivity index (χ0v) is 11.8. The molecule has 7 heteroatoms. The number of rotatable bonds is 3. The van der Waals surface area contributed by atoms with E-state index in [1.807, 2.05) is 11.8 Å². The van der Waals surface area contributed by atoms with Crippen LogP contribution < -0.4 is 5.56 Å². The highest BCUT2D eigenvalue weighted by atomic mass is 16.5. The number of carbonyl (C=O) groups excluding carboxylic acids is 2. The average Bonchev–Trinajstić information content (AvgIpc) is 2.91. The van der Waals surface area contributed by atoms with Gasteiger partial charge >= 0.3 is 5.97 Å². The molecule has 0 aliphatic carbocycles. The largest absolute Gasteiger partial charge is 0.469 e. The van der Waals surface area contributed by atoms with Gasteiger partial charge in [0.15, 0.2) is 0 Å². The van der Waals surface area contributed by atoms with Crippen molar-refractivity contribution in [1.29, 1.82) is 0 Å². The van der Waals surface area contributed by atoms with Crippen molar-refractivity contribution in [3.05, 3.63) is 22.2 Å². The molecule has 2 heterocycles. The standard InChI is InChI=1S/C13H18N2O5/c1-8-5-14(6-10(8)13(18)19-3)7-12(17)15-11(16)4-9(2)20-15/h4,8,10H,5-7H2,1-3H3. The molecule has 0 spiro atoms. The van der Waals surface area contributed by atoms with Gasteiger partial charge in [-0.05, 0) is 12.8 Å². The van der Waals surface area contributed by atoms with Crippen LogP contribution in [0.25, 0.3) is 0 Å². The smallest absolute Gasteiger partial charge is 0.310 e. The third-order valence-electron chi connectivity index (χ3n) is 3.54. The summed E-state index contributed by atoms with van der Waals surface area (Å²) in [5.74, 6) is -0.418. The first kappa shape index (κ1) is 14.5. The fourth-order valence-electron chi connectivity index (χ4n) is 2.53. The Balaban J connectivity index is 2.01. The first-order chi connectivity index (χ1) is 9.42. The van der Waals surface area contributed by atoms with E-state index in [2.05, 4.69) is 0 Å². The first-order valence-corrected chi connectivity index (χ1v) is 6.45. The molecular weight excluding hydrogens is 264 g/mol. The Morgan fingerprint density at radius 3 is 2.70 bits per heavy atom. The van der Waals surface area contributed by atoms with Crippen LogP contribution in [0.5, 0.6) is 0 Å². The molecule has 20 heavy (non-hydrogen) atoms. The van der Waals surface area contributed by atoms with Gasteiger partial charge < -0.3 is 9.26 Å². The van der Waals surface area contributed by atoms with Gasteiger partial charge in [0.1, 0.15) is 5.76 Å². The predicted octanol–water partition coefficient (Wildman–Crippen LogP) is 0.131. The second-order valence-corrected chi connectivity index (χ2v) is 5.17. The fraction of sp³-hybridized carbons (Fsp3) is 0.615. The first-order valence-electron chi connectivity index (χ1n) is 6.45. The second-order valence-electron chi connectivity index (χ2n) is 5.17. The Morgan fingerprint density at radius 2 is 2.15 bits per heavy atom. The normalized spacial score (nSPS) is 22.9. The maximum absolute atomic E-state index is 12.0. The molecule has 0 N–H and O–H groups in total. The molecule has 2 rings (SSSR count). The van der Waals surface area contributed by atoms with Crippen LogP contribution in [-0.4, -0.2) is 48.3 Å². The number of methoxy groups -OCH3 is 1. The summed E-state index contributed by atoms with van der Waals surface area (Å²) in [6, 6.07) is 1.27. The molecular formula is C13H18N2O5. The summed E-state index contributed by atoms with van der Waals surface area (Å²) in [7, 11) is 1.36. The van der Waals surface area contributed by atoms with Crippen LogP contribution in [0.1, 0.15) is 17.5 Å². The van der Waals surface area contributed by atoms with Crippen molar-refractivity contribution in [2.45, 2.75) is 13.8 Å². The Kier molecular flexibility index (Phi) is 4.08. The minimum absolute atomic E-state index is 0.0463. The van der Waals surface area contributed by atoms with E-state index in [0.29, 0.717) is 18.8 Å². The Bertz CT molecular complexity index is 574. The van der Waals surface area contributed by atoms with Crippen LogP contribution in [0.15, 0.2) is 15.4 Å². The van der Waals surface area contributed by atoms with Crippen LogP contribution in [0, 0.1) is 18.8 Å². The number of carbonyl (C=O) groups is 2. The molecule has 1 saturated heterocycles. The van der Waals surface area contributed by atoms with Gasteiger partial charge in [0, 0.05) is 19.2 Å². The maximum atomic E-state index is 12.0. The molecule has 0 radical (unpaired) electrons. The molecule has 1 aromatic heterocycles. The topological polar surface area (TPSA) is 81.8 Å². The molecule has 0 aromatic carbocycles. The lowest BCUT2D eigenvalue weighted by Crippen LogP contribution is -2.35. The summed E-state index contributed by atoms with van der Waals surface area (Å²) in [5.41, 5.74) is -0.468. The minimum atomic E-state index is -0.468. The van der Waals surface area contributed by atoms with Crippen LogP contribution in [-0.2, 0) is 9.53 Å². The monoisotopic (exact) mass is 282 g/mol. The molecule has 0 bridgehead atoms. The fourth-order valence-corrected chi connectivity index (χ4v) is 2.53. The SMILES string of the molecule is COC(=O)C1CN(CC(=O)n2oc(C)cc2=O)CC1C. The van der Waals surface area contributed by atoms with Crippen molar-refractivity contribution >= 4 is 11.9 Å². The van der Waals surface area contributed by atoms with Crippen molar-refractivity contribution in [1.82, 2.24) is 9.64 Å². The van der Waals surface area contributed by atoms with Crippen molar-refractivity contribution in [2.75, 3.05) is 26.7 Å².